The second-order valence-electron chi connectivity index (χ2n) is 4.26. The summed E-state index contributed by atoms with van der Waals surface area (Å²) < 4.78 is 0. The summed E-state index contributed by atoms with van der Waals surface area (Å²) in [7, 11) is 0. The zero-order valence-corrected chi connectivity index (χ0v) is 11.8. The molecule has 0 bridgehead atoms. The van der Waals surface area contributed by atoms with E-state index >= 15 is 0 Å². The number of hydrogen-bond acceptors (Lipinski definition) is 4. The van der Waals surface area contributed by atoms with E-state index in [-0.39, 0.29) is 30.7 Å². The molecule has 8 heteroatoms. The largest absolute Gasteiger partial charge is 0.291 e. The highest BCUT2D eigenvalue weighted by atomic mass is 35.5. The number of carbonyl (C=O) groups is 2. The van der Waals surface area contributed by atoms with Crippen LogP contribution in [0.1, 0.15) is 18.4 Å². The van der Waals surface area contributed by atoms with E-state index in [9.17, 15) is 9.59 Å². The molecule has 1 aromatic carbocycles. The first-order valence-corrected chi connectivity index (χ1v) is 6.61. The van der Waals surface area contributed by atoms with Gasteiger partial charge < -0.3 is 0 Å². The lowest BCUT2D eigenvalue weighted by atomic mass is 10.1. The van der Waals surface area contributed by atoms with Crippen LogP contribution in [-0.4, -0.2) is 24.1 Å². The van der Waals surface area contributed by atoms with Gasteiger partial charge in [-0.2, -0.15) is 5.10 Å². The molecule has 106 valence electrons. The maximum atomic E-state index is 11.6. The molecule has 0 spiro atoms. The van der Waals surface area contributed by atoms with Gasteiger partial charge in [-0.15, -0.1) is 0 Å². The number of halogens is 2. The van der Waals surface area contributed by atoms with Crippen LogP contribution < -0.4 is 16.3 Å². The number of hydrazine groups is 1. The smallest absolute Gasteiger partial charge is 0.241 e. The van der Waals surface area contributed by atoms with Crippen molar-refractivity contribution in [3.63, 3.8) is 0 Å². The molecule has 3 N–H and O–H groups in total. The molecule has 0 aromatic heterocycles. The minimum atomic E-state index is -0.291. The van der Waals surface area contributed by atoms with Crippen LogP contribution in [0.15, 0.2) is 23.3 Å². The maximum absolute atomic E-state index is 11.6. The predicted molar refractivity (Wildman–Crippen MR) is 76.5 cm³/mol. The lowest BCUT2D eigenvalue weighted by molar-refractivity contribution is -0.121. The van der Waals surface area contributed by atoms with Gasteiger partial charge in [-0.05, 0) is 12.1 Å². The Morgan fingerprint density at radius 3 is 2.95 bits per heavy atom. The van der Waals surface area contributed by atoms with E-state index in [4.69, 9.17) is 23.2 Å². The zero-order valence-electron chi connectivity index (χ0n) is 10.3. The van der Waals surface area contributed by atoms with Crippen LogP contribution in [0.5, 0.6) is 0 Å². The predicted octanol–water partition coefficient (Wildman–Crippen LogP) is 1.23. The van der Waals surface area contributed by atoms with Crippen molar-refractivity contribution >= 4 is 41.2 Å². The average Bonchev–Trinajstić information content (AvgIpc) is 2.77. The Morgan fingerprint density at radius 1 is 1.50 bits per heavy atom. The summed E-state index contributed by atoms with van der Waals surface area (Å²) in [6.07, 6.45) is 1.87. The first kappa shape index (κ1) is 14.8. The minimum absolute atomic E-state index is 0.126. The Bertz CT molecular complexity index is 562. The molecule has 1 saturated heterocycles. The monoisotopic (exact) mass is 314 g/mol. The third-order valence-electron chi connectivity index (χ3n) is 2.63. The Balaban J connectivity index is 1.83. The van der Waals surface area contributed by atoms with Gasteiger partial charge in [-0.25, -0.2) is 10.9 Å². The Hall–Kier alpha value is -1.63. The van der Waals surface area contributed by atoms with Crippen LogP contribution in [0.3, 0.4) is 0 Å². The van der Waals surface area contributed by atoms with Crippen LogP contribution in [0.4, 0.5) is 0 Å². The molecule has 0 aliphatic carbocycles. The van der Waals surface area contributed by atoms with Gasteiger partial charge in [-0.1, -0.05) is 29.3 Å². The van der Waals surface area contributed by atoms with Crippen LogP contribution in [0, 0.1) is 0 Å². The Morgan fingerprint density at radius 2 is 2.30 bits per heavy atom. The van der Waals surface area contributed by atoms with Gasteiger partial charge in [0.15, 0.2) is 0 Å². The number of nitrogens with one attached hydrogen (secondary N) is 3. The van der Waals surface area contributed by atoms with Crippen molar-refractivity contribution in [3.05, 3.63) is 33.8 Å². The molecular weight excluding hydrogens is 303 g/mol. The van der Waals surface area contributed by atoms with Gasteiger partial charge >= 0.3 is 0 Å². The van der Waals surface area contributed by atoms with E-state index in [1.807, 2.05) is 0 Å². The summed E-state index contributed by atoms with van der Waals surface area (Å²) in [5.74, 6) is -0.417. The number of hydrazone groups is 1. The molecule has 1 aromatic rings. The Kier molecular flexibility index (Phi) is 4.94. The van der Waals surface area contributed by atoms with Gasteiger partial charge in [0.2, 0.25) is 11.8 Å². The quantitative estimate of drug-likeness (QED) is 0.577. The molecule has 0 saturated carbocycles. The summed E-state index contributed by atoms with van der Waals surface area (Å²) >= 11 is 11.7. The molecule has 1 aliphatic heterocycles. The second-order valence-corrected chi connectivity index (χ2v) is 5.10. The van der Waals surface area contributed by atoms with Gasteiger partial charge in [0.25, 0.3) is 0 Å². The number of hydrogen-bond donors (Lipinski definition) is 3. The van der Waals surface area contributed by atoms with Crippen molar-refractivity contribution in [2.24, 2.45) is 5.10 Å². The highest BCUT2D eigenvalue weighted by Crippen LogP contribution is 2.19. The molecule has 0 radical (unpaired) electrons. The molecule has 1 aliphatic rings. The summed E-state index contributed by atoms with van der Waals surface area (Å²) in [6.45, 7) is 0. The molecule has 1 unspecified atom stereocenters. The summed E-state index contributed by atoms with van der Waals surface area (Å²) in [6, 6.07) is 4.75. The van der Waals surface area contributed by atoms with Crippen molar-refractivity contribution < 1.29 is 9.59 Å². The number of amides is 2. The zero-order chi connectivity index (χ0) is 14.5. The van der Waals surface area contributed by atoms with Gasteiger partial charge in [-0.3, -0.25) is 15.0 Å². The van der Waals surface area contributed by atoms with Crippen LogP contribution in [0.2, 0.25) is 10.0 Å². The average molecular weight is 315 g/mol. The SMILES string of the molecule is O=C(CC1CC(=O)NN1)N/N=C/c1ccc(Cl)cc1Cl. The summed E-state index contributed by atoms with van der Waals surface area (Å²) in [4.78, 5) is 22.5. The van der Waals surface area contributed by atoms with E-state index in [0.717, 1.165) is 0 Å². The third-order valence-corrected chi connectivity index (χ3v) is 3.20. The molecule has 1 heterocycles. The van der Waals surface area contributed by atoms with Crippen LogP contribution >= 0.6 is 23.2 Å². The minimum Gasteiger partial charge on any atom is -0.291 e. The number of rotatable bonds is 4. The lowest BCUT2D eigenvalue weighted by Gasteiger charge is -2.06. The molecule has 1 atom stereocenters. The molecule has 2 amide bonds. The van der Waals surface area contributed by atoms with E-state index in [1.54, 1.807) is 18.2 Å². The molecular formula is C12H12Cl2N4O2. The standard InChI is InChI=1S/C12H12Cl2N4O2/c13-8-2-1-7(10(14)3-8)6-15-17-11(19)4-9-5-12(20)18-16-9/h1-3,6,9,16H,4-5H2,(H,17,19)(H,18,20)/b15-6+. The fourth-order valence-corrected chi connectivity index (χ4v) is 2.14. The first-order chi connectivity index (χ1) is 9.54. The van der Waals surface area contributed by atoms with Crippen molar-refractivity contribution in [2.45, 2.75) is 18.9 Å². The number of benzene rings is 1. The van der Waals surface area contributed by atoms with E-state index < -0.39 is 0 Å². The second kappa shape index (κ2) is 6.69. The highest BCUT2D eigenvalue weighted by Gasteiger charge is 2.23. The van der Waals surface area contributed by atoms with E-state index in [1.165, 1.54) is 6.21 Å². The normalized spacial score (nSPS) is 18.3. The summed E-state index contributed by atoms with van der Waals surface area (Å²) in [5, 5.41) is 4.78. The van der Waals surface area contributed by atoms with Gasteiger partial charge in [0.05, 0.1) is 11.2 Å². The van der Waals surface area contributed by atoms with Crippen molar-refractivity contribution in [1.29, 1.82) is 0 Å². The fourth-order valence-electron chi connectivity index (χ4n) is 1.68. The number of carbonyl (C=O) groups excluding carboxylic acids is 2. The third kappa shape index (κ3) is 4.19. The molecule has 20 heavy (non-hydrogen) atoms. The van der Waals surface area contributed by atoms with Gasteiger partial charge in [0, 0.05) is 29.5 Å². The van der Waals surface area contributed by atoms with E-state index in [2.05, 4.69) is 21.4 Å². The van der Waals surface area contributed by atoms with Crippen molar-refractivity contribution in [3.8, 4) is 0 Å². The molecule has 2 rings (SSSR count). The van der Waals surface area contributed by atoms with E-state index in [0.29, 0.717) is 15.6 Å². The van der Waals surface area contributed by atoms with Crippen molar-refractivity contribution in [1.82, 2.24) is 16.3 Å². The topological polar surface area (TPSA) is 82.6 Å². The fraction of sp³-hybridized carbons (Fsp3) is 0.250. The van der Waals surface area contributed by atoms with Crippen LogP contribution in [0.25, 0.3) is 0 Å². The molecule has 6 nitrogen and oxygen atoms in total. The first-order valence-electron chi connectivity index (χ1n) is 5.86. The highest BCUT2D eigenvalue weighted by molar-refractivity contribution is 6.36. The summed E-state index contributed by atoms with van der Waals surface area (Å²) in [5.41, 5.74) is 8.17. The number of nitrogens with zero attached hydrogens (tertiary/aromatic N) is 1. The van der Waals surface area contributed by atoms with Crippen molar-refractivity contribution in [2.75, 3.05) is 0 Å². The molecule has 1 fully saturated rings. The Labute approximate surface area is 125 Å². The maximum Gasteiger partial charge on any atom is 0.241 e. The van der Waals surface area contributed by atoms with Crippen LogP contribution in [-0.2, 0) is 9.59 Å². The lowest BCUT2D eigenvalue weighted by Crippen LogP contribution is -2.34. The van der Waals surface area contributed by atoms with Gasteiger partial charge in [0.1, 0.15) is 0 Å².